The molecule has 0 bridgehead atoms. The fraction of sp³-hybridized carbons (Fsp3) is 0.600. The lowest BCUT2D eigenvalue weighted by atomic mass is 9.82. The fourth-order valence-electron chi connectivity index (χ4n) is 1.97. The first-order chi connectivity index (χ1) is 8.61. The van der Waals surface area contributed by atoms with Gasteiger partial charge in [0.25, 0.3) is 0 Å². The molecule has 0 amide bonds. The molecule has 8 nitrogen and oxygen atoms in total. The molecule has 3 N–H and O–H groups in total. The van der Waals surface area contributed by atoms with Gasteiger partial charge in [-0.15, -0.1) is 0 Å². The zero-order valence-corrected chi connectivity index (χ0v) is 9.96. The Bertz CT molecular complexity index is 447. The van der Waals surface area contributed by atoms with E-state index in [1.54, 1.807) is 7.05 Å². The van der Waals surface area contributed by atoms with Crippen molar-refractivity contribution < 1.29 is 10.0 Å². The summed E-state index contributed by atoms with van der Waals surface area (Å²) in [7, 11) is 1.57. The first-order valence-electron chi connectivity index (χ1n) is 5.71. The van der Waals surface area contributed by atoms with Gasteiger partial charge in [0.1, 0.15) is 6.33 Å². The van der Waals surface area contributed by atoms with Crippen molar-refractivity contribution in [3.05, 3.63) is 16.4 Å². The third-order valence-corrected chi connectivity index (χ3v) is 3.01. The summed E-state index contributed by atoms with van der Waals surface area (Å²) in [4.78, 5) is 18.2. The van der Waals surface area contributed by atoms with Crippen LogP contribution in [0.3, 0.4) is 0 Å². The molecule has 0 aromatic carbocycles. The van der Waals surface area contributed by atoms with E-state index >= 15 is 0 Å². The Labute approximate surface area is 104 Å². The van der Waals surface area contributed by atoms with E-state index in [0.29, 0.717) is 12.5 Å². The van der Waals surface area contributed by atoms with Gasteiger partial charge in [0.05, 0.1) is 11.0 Å². The Morgan fingerprint density at radius 1 is 1.50 bits per heavy atom. The van der Waals surface area contributed by atoms with E-state index < -0.39 is 4.92 Å². The van der Waals surface area contributed by atoms with Crippen LogP contribution in [0.5, 0.6) is 0 Å². The maximum atomic E-state index is 11.0. The van der Waals surface area contributed by atoms with E-state index in [9.17, 15) is 10.1 Å². The zero-order chi connectivity index (χ0) is 13.1. The molecule has 0 spiro atoms. The summed E-state index contributed by atoms with van der Waals surface area (Å²) in [5.41, 5.74) is -0.153. The molecule has 2 rings (SSSR count). The number of aromatic nitrogens is 2. The summed E-state index contributed by atoms with van der Waals surface area (Å²) in [6.07, 6.45) is 2.50. The molecule has 1 saturated carbocycles. The van der Waals surface area contributed by atoms with Crippen LogP contribution in [-0.2, 0) is 0 Å². The topological polar surface area (TPSA) is 113 Å². The van der Waals surface area contributed by atoms with Crippen molar-refractivity contribution in [2.75, 3.05) is 24.2 Å². The van der Waals surface area contributed by atoms with Gasteiger partial charge in [-0.2, -0.15) is 0 Å². The van der Waals surface area contributed by atoms with E-state index in [1.807, 2.05) is 0 Å². The molecule has 1 aliphatic rings. The van der Waals surface area contributed by atoms with Crippen LogP contribution >= 0.6 is 0 Å². The average Bonchev–Trinajstić information content (AvgIpc) is 2.32. The summed E-state index contributed by atoms with van der Waals surface area (Å²) >= 11 is 0. The van der Waals surface area contributed by atoms with Crippen LogP contribution in [0.15, 0.2) is 6.33 Å². The molecule has 18 heavy (non-hydrogen) atoms. The highest BCUT2D eigenvalue weighted by Crippen LogP contribution is 2.31. The number of nitrogens with zero attached hydrogens (tertiary/aromatic N) is 3. The maximum absolute atomic E-state index is 11.0. The second-order valence-electron chi connectivity index (χ2n) is 4.30. The van der Waals surface area contributed by atoms with Crippen LogP contribution in [0, 0.1) is 16.0 Å². The van der Waals surface area contributed by atoms with E-state index in [2.05, 4.69) is 20.6 Å². The fourth-order valence-corrected chi connectivity index (χ4v) is 1.97. The van der Waals surface area contributed by atoms with Crippen LogP contribution in [0.2, 0.25) is 0 Å². The lowest BCUT2D eigenvalue weighted by molar-refractivity contribution is -0.383. The van der Waals surface area contributed by atoms with Crippen LogP contribution in [-0.4, -0.2) is 39.7 Å². The third kappa shape index (κ3) is 2.48. The molecule has 1 fully saturated rings. The van der Waals surface area contributed by atoms with Gasteiger partial charge in [-0.25, -0.2) is 9.97 Å². The standard InChI is InChI=1S/C10H15N5O3/c1-11-9-8(15(17)18)10(14-5-13-9)12-4-6-2-7(16)3-6/h5-7,16H,2-4H2,1H3,(H2,11,12,13,14). The molecule has 0 unspecified atom stereocenters. The summed E-state index contributed by atoms with van der Waals surface area (Å²) < 4.78 is 0. The van der Waals surface area contributed by atoms with Gasteiger partial charge in [0.2, 0.25) is 11.6 Å². The third-order valence-electron chi connectivity index (χ3n) is 3.01. The zero-order valence-electron chi connectivity index (χ0n) is 9.96. The Morgan fingerprint density at radius 3 is 2.72 bits per heavy atom. The summed E-state index contributed by atoms with van der Waals surface area (Å²) in [5, 5.41) is 25.8. The highest BCUT2D eigenvalue weighted by Gasteiger charge is 2.28. The molecule has 0 saturated heterocycles. The van der Waals surface area contributed by atoms with Crippen LogP contribution in [0.1, 0.15) is 12.8 Å². The van der Waals surface area contributed by atoms with Crippen LogP contribution < -0.4 is 10.6 Å². The predicted octanol–water partition coefficient (Wildman–Crippen LogP) is 0.609. The number of aliphatic hydroxyl groups excluding tert-OH is 1. The largest absolute Gasteiger partial charge is 0.393 e. The highest BCUT2D eigenvalue weighted by atomic mass is 16.6. The van der Waals surface area contributed by atoms with Crippen LogP contribution in [0.25, 0.3) is 0 Å². The number of anilines is 2. The number of rotatable bonds is 5. The molecule has 1 aromatic heterocycles. The van der Waals surface area contributed by atoms with Gasteiger partial charge in [-0.1, -0.05) is 0 Å². The Hall–Kier alpha value is -1.96. The quantitative estimate of drug-likeness (QED) is 0.520. The second-order valence-corrected chi connectivity index (χ2v) is 4.30. The van der Waals surface area contributed by atoms with Crippen molar-refractivity contribution >= 4 is 17.3 Å². The van der Waals surface area contributed by atoms with Gasteiger partial charge in [-0.05, 0) is 18.8 Å². The first-order valence-corrected chi connectivity index (χ1v) is 5.71. The molecule has 1 heterocycles. The molecule has 8 heteroatoms. The number of nitro groups is 1. The number of hydrogen-bond acceptors (Lipinski definition) is 7. The minimum Gasteiger partial charge on any atom is -0.393 e. The van der Waals surface area contributed by atoms with Crippen molar-refractivity contribution in [2.24, 2.45) is 5.92 Å². The molecular formula is C10H15N5O3. The van der Waals surface area contributed by atoms with E-state index in [0.717, 1.165) is 12.8 Å². The smallest absolute Gasteiger partial charge is 0.353 e. The van der Waals surface area contributed by atoms with E-state index in [4.69, 9.17) is 5.11 Å². The maximum Gasteiger partial charge on any atom is 0.353 e. The molecule has 0 radical (unpaired) electrons. The summed E-state index contributed by atoms with van der Waals surface area (Å²) in [6, 6.07) is 0. The lowest BCUT2D eigenvalue weighted by Crippen LogP contribution is -2.33. The van der Waals surface area contributed by atoms with E-state index in [1.165, 1.54) is 6.33 Å². The molecule has 0 atom stereocenters. The normalized spacial score (nSPS) is 22.1. The number of aliphatic hydroxyl groups is 1. The van der Waals surface area contributed by atoms with Gasteiger partial charge in [0.15, 0.2) is 0 Å². The van der Waals surface area contributed by atoms with Gasteiger partial charge >= 0.3 is 5.69 Å². The van der Waals surface area contributed by atoms with Crippen LogP contribution in [0.4, 0.5) is 17.3 Å². The SMILES string of the molecule is CNc1ncnc(NCC2CC(O)C2)c1[N+](=O)[O-]. The summed E-state index contributed by atoms with van der Waals surface area (Å²) in [5.74, 6) is 0.736. The van der Waals surface area contributed by atoms with Crippen molar-refractivity contribution in [3.8, 4) is 0 Å². The number of nitrogens with one attached hydrogen (secondary N) is 2. The van der Waals surface area contributed by atoms with Gasteiger partial charge in [0, 0.05) is 13.6 Å². The van der Waals surface area contributed by atoms with Gasteiger partial charge in [-0.3, -0.25) is 10.1 Å². The monoisotopic (exact) mass is 253 g/mol. The molecular weight excluding hydrogens is 238 g/mol. The predicted molar refractivity (Wildman–Crippen MR) is 65.5 cm³/mol. The van der Waals surface area contributed by atoms with Crippen molar-refractivity contribution in [3.63, 3.8) is 0 Å². The van der Waals surface area contributed by atoms with Gasteiger partial charge < -0.3 is 15.7 Å². The van der Waals surface area contributed by atoms with Crippen molar-refractivity contribution in [1.29, 1.82) is 0 Å². The summed E-state index contributed by atoms with van der Waals surface area (Å²) in [6.45, 7) is 0.568. The van der Waals surface area contributed by atoms with Crippen molar-refractivity contribution in [2.45, 2.75) is 18.9 Å². The molecule has 1 aliphatic carbocycles. The molecule has 98 valence electrons. The Morgan fingerprint density at radius 2 is 2.17 bits per heavy atom. The Balaban J connectivity index is 2.09. The average molecular weight is 253 g/mol. The minimum absolute atomic E-state index is 0.153. The first kappa shape index (κ1) is 12.5. The minimum atomic E-state index is -0.510. The number of hydrogen-bond donors (Lipinski definition) is 3. The molecule has 1 aromatic rings. The Kier molecular flexibility index (Phi) is 3.56. The second kappa shape index (κ2) is 5.13. The molecule has 0 aliphatic heterocycles. The highest BCUT2D eigenvalue weighted by molar-refractivity contribution is 5.68. The van der Waals surface area contributed by atoms with Crippen molar-refractivity contribution in [1.82, 2.24) is 9.97 Å². The van der Waals surface area contributed by atoms with E-state index in [-0.39, 0.29) is 23.4 Å². The lowest BCUT2D eigenvalue weighted by Gasteiger charge is -2.31.